The maximum atomic E-state index is 12.7. The highest BCUT2D eigenvalue weighted by Crippen LogP contribution is 2.40. The molecule has 2 aromatic carbocycles. The van der Waals surface area contributed by atoms with Gasteiger partial charge in [-0.2, -0.15) is 4.31 Å². The molecule has 7 heteroatoms. The fourth-order valence-corrected chi connectivity index (χ4v) is 6.18. The van der Waals surface area contributed by atoms with Crippen molar-refractivity contribution in [1.82, 2.24) is 9.21 Å². The largest absolute Gasteiger partial charge is 0.508 e. The number of phenolic OH excluding ortho intramolecular Hbond substituents is 1. The summed E-state index contributed by atoms with van der Waals surface area (Å²) in [7, 11) is -3.43. The maximum absolute atomic E-state index is 12.7. The second-order valence-electron chi connectivity index (χ2n) is 8.88. The molecule has 2 aliphatic heterocycles. The van der Waals surface area contributed by atoms with Crippen molar-refractivity contribution in [2.24, 2.45) is 5.92 Å². The summed E-state index contributed by atoms with van der Waals surface area (Å²) in [4.78, 5) is 2.41. The van der Waals surface area contributed by atoms with Gasteiger partial charge in [0, 0.05) is 25.7 Å². The van der Waals surface area contributed by atoms with Crippen molar-refractivity contribution in [2.45, 2.75) is 38.8 Å². The van der Waals surface area contributed by atoms with Gasteiger partial charge in [-0.1, -0.05) is 31.5 Å². The summed E-state index contributed by atoms with van der Waals surface area (Å²) in [6, 6.07) is 12.3. The van der Waals surface area contributed by atoms with E-state index in [1.165, 1.54) is 12.7 Å². The number of phenols is 1. The molecule has 1 fully saturated rings. The molecule has 2 aliphatic rings. The molecular formula is C24H32N2O4S. The van der Waals surface area contributed by atoms with E-state index in [-0.39, 0.29) is 11.8 Å². The van der Waals surface area contributed by atoms with Gasteiger partial charge in [-0.05, 0) is 60.2 Å². The zero-order chi connectivity index (χ0) is 22.2. The van der Waals surface area contributed by atoms with Crippen molar-refractivity contribution in [3.05, 3.63) is 59.2 Å². The monoisotopic (exact) mass is 444 g/mol. The third-order valence-electron chi connectivity index (χ3n) is 6.49. The van der Waals surface area contributed by atoms with Gasteiger partial charge in [-0.15, -0.1) is 0 Å². The Kier molecular flexibility index (Phi) is 6.28. The standard InChI is InChI=1S/C24H32N2O4S/c1-4-18-15-25(16-18)11-12-30-22-8-5-19(6-9-22)24-23-10-7-21(27)14-20(23)13-17(2)26(24)31(3,28)29/h5-10,14,17-18,24,27H,4,11-13,15-16H2,1-3H3/t17-,24+/m0/s1. The Morgan fingerprint density at radius 2 is 1.84 bits per heavy atom. The molecule has 0 aromatic heterocycles. The van der Waals surface area contributed by atoms with E-state index in [2.05, 4.69) is 11.8 Å². The average molecular weight is 445 g/mol. The van der Waals surface area contributed by atoms with Crippen LogP contribution in [0.1, 0.15) is 43.0 Å². The van der Waals surface area contributed by atoms with E-state index in [1.807, 2.05) is 37.3 Å². The van der Waals surface area contributed by atoms with Crippen molar-refractivity contribution in [1.29, 1.82) is 0 Å². The van der Waals surface area contributed by atoms with E-state index in [0.29, 0.717) is 13.0 Å². The van der Waals surface area contributed by atoms with Gasteiger partial charge in [0.05, 0.1) is 12.3 Å². The van der Waals surface area contributed by atoms with Crippen molar-refractivity contribution >= 4 is 10.0 Å². The second-order valence-corrected chi connectivity index (χ2v) is 10.8. The predicted molar refractivity (Wildman–Crippen MR) is 122 cm³/mol. The predicted octanol–water partition coefficient (Wildman–Crippen LogP) is 3.41. The second kappa shape index (κ2) is 8.81. The first-order valence-corrected chi connectivity index (χ1v) is 12.9. The summed E-state index contributed by atoms with van der Waals surface area (Å²) in [5.74, 6) is 1.82. The van der Waals surface area contributed by atoms with Crippen LogP contribution in [0.15, 0.2) is 42.5 Å². The highest BCUT2D eigenvalue weighted by molar-refractivity contribution is 7.88. The lowest BCUT2D eigenvalue weighted by Crippen LogP contribution is -2.47. The minimum Gasteiger partial charge on any atom is -0.508 e. The fourth-order valence-electron chi connectivity index (χ4n) is 4.84. The Morgan fingerprint density at radius 3 is 2.48 bits per heavy atom. The number of rotatable bonds is 7. The minimum atomic E-state index is -3.43. The van der Waals surface area contributed by atoms with Crippen molar-refractivity contribution < 1.29 is 18.3 Å². The number of nitrogens with zero attached hydrogens (tertiary/aromatic N) is 2. The van der Waals surface area contributed by atoms with Crippen LogP contribution in [0.3, 0.4) is 0 Å². The SMILES string of the molecule is CCC1CN(CCOc2ccc([C@@H]3c4ccc(O)cc4C[C@H](C)N3S(C)(=O)=O)cc2)C1. The van der Waals surface area contributed by atoms with Crippen LogP contribution in [-0.4, -0.2) is 61.3 Å². The summed E-state index contributed by atoms with van der Waals surface area (Å²) < 4.78 is 32.8. The number of sulfonamides is 1. The maximum Gasteiger partial charge on any atom is 0.212 e. The highest BCUT2D eigenvalue weighted by atomic mass is 32.2. The summed E-state index contributed by atoms with van der Waals surface area (Å²) >= 11 is 0. The molecule has 0 bridgehead atoms. The quantitative estimate of drug-likeness (QED) is 0.709. The number of benzene rings is 2. The highest BCUT2D eigenvalue weighted by Gasteiger charge is 2.38. The number of aromatic hydroxyl groups is 1. The van der Waals surface area contributed by atoms with Gasteiger partial charge in [0.1, 0.15) is 18.1 Å². The van der Waals surface area contributed by atoms with Crippen LogP contribution >= 0.6 is 0 Å². The first kappa shape index (κ1) is 22.1. The summed E-state index contributed by atoms with van der Waals surface area (Å²) in [5, 5.41) is 9.91. The third-order valence-corrected chi connectivity index (χ3v) is 7.83. The van der Waals surface area contributed by atoms with Crippen LogP contribution in [0.2, 0.25) is 0 Å². The van der Waals surface area contributed by atoms with Gasteiger partial charge in [-0.3, -0.25) is 4.90 Å². The molecule has 2 aromatic rings. The average Bonchev–Trinajstić information content (AvgIpc) is 2.68. The lowest BCUT2D eigenvalue weighted by atomic mass is 9.87. The van der Waals surface area contributed by atoms with Crippen LogP contribution < -0.4 is 4.74 Å². The number of hydrogen-bond acceptors (Lipinski definition) is 5. The van der Waals surface area contributed by atoms with E-state index >= 15 is 0 Å². The molecule has 168 valence electrons. The van der Waals surface area contributed by atoms with E-state index in [1.54, 1.807) is 16.4 Å². The lowest BCUT2D eigenvalue weighted by Gasteiger charge is -2.40. The molecule has 31 heavy (non-hydrogen) atoms. The van der Waals surface area contributed by atoms with Crippen molar-refractivity contribution in [3.63, 3.8) is 0 Å². The summed E-state index contributed by atoms with van der Waals surface area (Å²) in [6.45, 7) is 8.05. The molecule has 6 nitrogen and oxygen atoms in total. The Morgan fingerprint density at radius 1 is 1.13 bits per heavy atom. The third kappa shape index (κ3) is 4.73. The Bertz CT molecular complexity index is 1020. The van der Waals surface area contributed by atoms with Crippen LogP contribution in [0.25, 0.3) is 0 Å². The first-order valence-electron chi connectivity index (χ1n) is 11.0. The lowest BCUT2D eigenvalue weighted by molar-refractivity contribution is 0.0806. The van der Waals surface area contributed by atoms with Gasteiger partial charge in [0.2, 0.25) is 10.0 Å². The zero-order valence-corrected chi connectivity index (χ0v) is 19.3. The van der Waals surface area contributed by atoms with Gasteiger partial charge in [0.25, 0.3) is 0 Å². The van der Waals surface area contributed by atoms with Crippen LogP contribution in [0, 0.1) is 5.92 Å². The minimum absolute atomic E-state index is 0.200. The molecule has 0 amide bonds. The van der Waals surface area contributed by atoms with E-state index in [4.69, 9.17) is 4.74 Å². The number of hydrogen-bond donors (Lipinski definition) is 1. The molecule has 4 rings (SSSR count). The summed E-state index contributed by atoms with van der Waals surface area (Å²) in [6.07, 6.45) is 3.08. The van der Waals surface area contributed by atoms with Gasteiger partial charge >= 0.3 is 0 Å². The van der Waals surface area contributed by atoms with Crippen molar-refractivity contribution in [3.8, 4) is 11.5 Å². The molecular weight excluding hydrogens is 412 g/mol. The number of fused-ring (bicyclic) bond motifs is 1. The van der Waals surface area contributed by atoms with Crippen molar-refractivity contribution in [2.75, 3.05) is 32.5 Å². The molecule has 1 N–H and O–H groups in total. The Balaban J connectivity index is 1.52. The van der Waals surface area contributed by atoms with E-state index < -0.39 is 16.1 Å². The zero-order valence-electron chi connectivity index (χ0n) is 18.5. The van der Waals surface area contributed by atoms with Crippen LogP contribution in [-0.2, 0) is 16.4 Å². The molecule has 0 spiro atoms. The van der Waals surface area contributed by atoms with Gasteiger partial charge in [0.15, 0.2) is 0 Å². The smallest absolute Gasteiger partial charge is 0.212 e. The van der Waals surface area contributed by atoms with Crippen LogP contribution in [0.4, 0.5) is 0 Å². The van der Waals surface area contributed by atoms with E-state index in [0.717, 1.165) is 48.0 Å². The normalized spacial score (nSPS) is 22.7. The first-order chi connectivity index (χ1) is 14.8. The number of likely N-dealkylation sites (tertiary alicyclic amines) is 1. The molecule has 2 heterocycles. The fraction of sp³-hybridized carbons (Fsp3) is 0.500. The molecule has 0 saturated carbocycles. The topological polar surface area (TPSA) is 70.1 Å². The van der Waals surface area contributed by atoms with Crippen LogP contribution in [0.5, 0.6) is 11.5 Å². The Labute approximate surface area is 185 Å². The molecule has 0 radical (unpaired) electrons. The Hall–Kier alpha value is -2.09. The molecule has 2 atom stereocenters. The van der Waals surface area contributed by atoms with E-state index in [9.17, 15) is 13.5 Å². The van der Waals surface area contributed by atoms with Gasteiger partial charge < -0.3 is 9.84 Å². The molecule has 0 unspecified atom stereocenters. The summed E-state index contributed by atoms with van der Waals surface area (Å²) in [5.41, 5.74) is 2.79. The van der Waals surface area contributed by atoms with Gasteiger partial charge in [-0.25, -0.2) is 8.42 Å². The number of ether oxygens (including phenoxy) is 1. The molecule has 1 saturated heterocycles. The molecule has 0 aliphatic carbocycles.